The molecule has 0 unspecified atom stereocenters. The third-order valence-corrected chi connectivity index (χ3v) is 6.31. The number of hydroxylamine groups is 2. The Kier molecular flexibility index (Phi) is 13.4. The Labute approximate surface area is 192 Å². The van der Waals surface area contributed by atoms with Crippen LogP contribution in [0, 0.1) is 0 Å². The molecule has 0 spiro atoms. The first-order valence-corrected chi connectivity index (χ1v) is 12.8. The Balaban J connectivity index is 2.06. The van der Waals surface area contributed by atoms with Gasteiger partial charge in [-0.3, -0.25) is 4.79 Å². The van der Waals surface area contributed by atoms with Crippen LogP contribution in [0.25, 0.3) is 0 Å². The second kappa shape index (κ2) is 14.8. The number of piperidine rings is 1. The summed E-state index contributed by atoms with van der Waals surface area (Å²) in [6.07, 6.45) is 24.4. The number of rotatable bonds is 15. The van der Waals surface area contributed by atoms with E-state index < -0.39 is 11.1 Å². The minimum atomic E-state index is -0.437. The van der Waals surface area contributed by atoms with Crippen molar-refractivity contribution in [1.29, 1.82) is 0 Å². The van der Waals surface area contributed by atoms with E-state index in [9.17, 15) is 10.0 Å². The van der Waals surface area contributed by atoms with Gasteiger partial charge in [0.25, 0.3) is 0 Å². The largest absolute Gasteiger partial charge is 0.353 e. The minimum Gasteiger partial charge on any atom is -0.353 e. The lowest BCUT2D eigenvalue weighted by Gasteiger charge is -2.50. The van der Waals surface area contributed by atoms with Crippen molar-refractivity contribution in [1.82, 2.24) is 10.4 Å². The van der Waals surface area contributed by atoms with E-state index >= 15 is 0 Å². The minimum absolute atomic E-state index is 0.0886. The van der Waals surface area contributed by atoms with Crippen LogP contribution >= 0.6 is 0 Å². The first-order chi connectivity index (χ1) is 14.7. The zero-order valence-corrected chi connectivity index (χ0v) is 21.0. The fraction of sp³-hybridized carbons (Fsp3) is 0.815. The molecule has 0 aromatic heterocycles. The summed E-state index contributed by atoms with van der Waals surface area (Å²) in [5.41, 5.74) is -0.874. The number of amides is 1. The fourth-order valence-electron chi connectivity index (χ4n) is 4.76. The number of nitrogens with zero attached hydrogens (tertiary/aromatic N) is 1. The van der Waals surface area contributed by atoms with E-state index in [2.05, 4.69) is 36.5 Å². The normalized spacial score (nSPS) is 19.4. The summed E-state index contributed by atoms with van der Waals surface area (Å²) in [5.74, 6) is 0.123. The molecule has 0 aromatic carbocycles. The molecular weight excluding hydrogens is 384 g/mol. The number of carbonyl (C=O) groups excluding carboxylic acids is 1. The van der Waals surface area contributed by atoms with Crippen molar-refractivity contribution in [2.75, 3.05) is 0 Å². The lowest BCUT2D eigenvalue weighted by atomic mass is 9.79. The van der Waals surface area contributed by atoms with Crippen molar-refractivity contribution in [3.05, 3.63) is 24.3 Å². The SMILES string of the molecule is CCCCCCCC/C=C\C/C=C\CCCCC(=O)NC1CC(C)(C)N([O])C(C)(C)C1. The van der Waals surface area contributed by atoms with Gasteiger partial charge in [0.15, 0.2) is 0 Å². The molecule has 1 saturated heterocycles. The van der Waals surface area contributed by atoms with Crippen LogP contribution in [0.3, 0.4) is 0 Å². The van der Waals surface area contributed by atoms with Gasteiger partial charge in [-0.05, 0) is 79.1 Å². The third kappa shape index (κ3) is 11.9. The van der Waals surface area contributed by atoms with Crippen molar-refractivity contribution in [3.8, 4) is 0 Å². The van der Waals surface area contributed by atoms with Gasteiger partial charge in [0.2, 0.25) is 5.91 Å². The molecule has 1 fully saturated rings. The highest BCUT2D eigenvalue weighted by molar-refractivity contribution is 5.76. The molecule has 4 nitrogen and oxygen atoms in total. The highest BCUT2D eigenvalue weighted by atomic mass is 16.5. The number of hydrogen-bond donors (Lipinski definition) is 1. The molecule has 31 heavy (non-hydrogen) atoms. The smallest absolute Gasteiger partial charge is 0.220 e. The summed E-state index contributed by atoms with van der Waals surface area (Å²) in [4.78, 5) is 12.3. The molecule has 1 aliphatic rings. The van der Waals surface area contributed by atoms with Crippen LogP contribution in [0.5, 0.6) is 0 Å². The van der Waals surface area contributed by atoms with E-state index in [1.54, 1.807) is 0 Å². The molecule has 1 aliphatic heterocycles. The second-order valence-corrected chi connectivity index (χ2v) is 10.6. The molecule has 1 rings (SSSR count). The molecule has 0 saturated carbocycles. The topological polar surface area (TPSA) is 52.2 Å². The Morgan fingerprint density at radius 3 is 1.94 bits per heavy atom. The Morgan fingerprint density at radius 2 is 1.35 bits per heavy atom. The standard InChI is InChI=1S/C27H49N2O2/c1-6-7-8-9-10-11-12-13-14-15-16-17-18-19-20-21-25(30)28-24-22-26(2,3)29(31)27(4,5)23-24/h13-14,16-17,24H,6-12,15,18-23H2,1-5H3,(H,28,30)/b14-13-,17-16-. The van der Waals surface area contributed by atoms with Gasteiger partial charge >= 0.3 is 0 Å². The third-order valence-electron chi connectivity index (χ3n) is 6.31. The van der Waals surface area contributed by atoms with E-state index in [-0.39, 0.29) is 11.9 Å². The van der Waals surface area contributed by atoms with Gasteiger partial charge in [-0.2, -0.15) is 0 Å². The predicted molar refractivity (Wildman–Crippen MR) is 131 cm³/mol. The Bertz CT molecular complexity index is 533. The number of carbonyl (C=O) groups is 1. The summed E-state index contributed by atoms with van der Waals surface area (Å²) in [6.45, 7) is 10.1. The molecule has 1 N–H and O–H groups in total. The highest BCUT2D eigenvalue weighted by Crippen LogP contribution is 2.37. The average Bonchev–Trinajstić information content (AvgIpc) is 2.68. The number of allylic oxidation sites excluding steroid dienone is 4. The molecule has 4 heteroatoms. The van der Waals surface area contributed by atoms with Gasteiger partial charge in [0, 0.05) is 23.5 Å². The number of unbranched alkanes of at least 4 members (excludes halogenated alkanes) is 8. The molecule has 0 aromatic rings. The average molecular weight is 434 g/mol. The van der Waals surface area contributed by atoms with Crippen LogP contribution < -0.4 is 5.32 Å². The molecule has 179 valence electrons. The maximum Gasteiger partial charge on any atom is 0.220 e. The Hall–Kier alpha value is -1.13. The molecule has 0 bridgehead atoms. The summed E-state index contributed by atoms with van der Waals surface area (Å²) >= 11 is 0. The van der Waals surface area contributed by atoms with E-state index in [1.165, 1.54) is 50.0 Å². The molecule has 1 radical (unpaired) electrons. The molecule has 0 aliphatic carbocycles. The lowest BCUT2D eigenvalue weighted by molar-refractivity contribution is -0.290. The van der Waals surface area contributed by atoms with Gasteiger partial charge < -0.3 is 5.32 Å². The van der Waals surface area contributed by atoms with Gasteiger partial charge in [-0.1, -0.05) is 63.3 Å². The predicted octanol–water partition coefficient (Wildman–Crippen LogP) is 7.28. The van der Waals surface area contributed by atoms with Crippen LogP contribution in [-0.2, 0) is 10.0 Å². The quantitative estimate of drug-likeness (QED) is 0.218. The number of hydrogen-bond acceptors (Lipinski definition) is 2. The lowest BCUT2D eigenvalue weighted by Crippen LogP contribution is -2.62. The summed E-state index contributed by atoms with van der Waals surface area (Å²) in [6, 6.07) is 0.0886. The maximum atomic E-state index is 12.4. The zero-order chi connectivity index (χ0) is 23.2. The van der Waals surface area contributed by atoms with Crippen LogP contribution in [-0.4, -0.2) is 28.1 Å². The first-order valence-electron chi connectivity index (χ1n) is 12.8. The summed E-state index contributed by atoms with van der Waals surface area (Å²) in [7, 11) is 0. The van der Waals surface area contributed by atoms with Gasteiger partial charge in [0.05, 0.1) is 0 Å². The van der Waals surface area contributed by atoms with Crippen LogP contribution in [0.2, 0.25) is 0 Å². The molecule has 0 atom stereocenters. The summed E-state index contributed by atoms with van der Waals surface area (Å²) in [5, 5.41) is 16.8. The van der Waals surface area contributed by atoms with E-state index in [0.717, 1.165) is 25.7 Å². The van der Waals surface area contributed by atoms with Crippen molar-refractivity contribution in [2.45, 2.75) is 142 Å². The Morgan fingerprint density at radius 1 is 0.839 bits per heavy atom. The van der Waals surface area contributed by atoms with Crippen LogP contribution in [0.15, 0.2) is 24.3 Å². The monoisotopic (exact) mass is 433 g/mol. The van der Waals surface area contributed by atoms with Crippen molar-refractivity contribution in [2.24, 2.45) is 0 Å². The highest BCUT2D eigenvalue weighted by Gasteiger charge is 2.46. The fourth-order valence-corrected chi connectivity index (χ4v) is 4.76. The van der Waals surface area contributed by atoms with Crippen LogP contribution in [0.4, 0.5) is 0 Å². The van der Waals surface area contributed by atoms with Crippen LogP contribution in [0.1, 0.15) is 125 Å². The van der Waals surface area contributed by atoms with Gasteiger partial charge in [-0.15, -0.1) is 10.3 Å². The van der Waals surface area contributed by atoms with E-state index in [1.807, 2.05) is 27.7 Å². The second-order valence-electron chi connectivity index (χ2n) is 10.6. The molecule has 1 amide bonds. The van der Waals surface area contributed by atoms with E-state index in [4.69, 9.17) is 0 Å². The molecule has 1 heterocycles. The van der Waals surface area contributed by atoms with Gasteiger partial charge in [0.1, 0.15) is 0 Å². The summed E-state index contributed by atoms with van der Waals surface area (Å²) < 4.78 is 0. The number of nitrogens with one attached hydrogen (secondary N) is 1. The van der Waals surface area contributed by atoms with Gasteiger partial charge in [-0.25, -0.2) is 0 Å². The maximum absolute atomic E-state index is 12.4. The molecular formula is C27H49N2O2. The van der Waals surface area contributed by atoms with E-state index in [0.29, 0.717) is 19.3 Å². The van der Waals surface area contributed by atoms with Crippen molar-refractivity contribution >= 4 is 5.91 Å². The first kappa shape index (κ1) is 27.9. The zero-order valence-electron chi connectivity index (χ0n) is 21.0. The van der Waals surface area contributed by atoms with Crippen molar-refractivity contribution in [3.63, 3.8) is 0 Å². The van der Waals surface area contributed by atoms with Crippen molar-refractivity contribution < 1.29 is 10.0 Å².